The molecule has 0 N–H and O–H groups in total. The van der Waals surface area contributed by atoms with E-state index < -0.39 is 17.9 Å². The van der Waals surface area contributed by atoms with Gasteiger partial charge in [-0.3, -0.25) is 0 Å². The Kier molecular flexibility index (Phi) is 16.1. The molecule has 1 radical (unpaired) electrons. The molecule has 0 aromatic heterocycles. The summed E-state index contributed by atoms with van der Waals surface area (Å²) in [6, 6.07) is 34.4. The van der Waals surface area contributed by atoms with Crippen LogP contribution in [-0.4, -0.2) is 17.9 Å². The third kappa shape index (κ3) is 10.5. The smallest absolute Gasteiger partial charge is 0.545 e. The van der Waals surface area contributed by atoms with Gasteiger partial charge < -0.3 is 43.9 Å². The van der Waals surface area contributed by atoms with E-state index in [0.717, 1.165) is 125 Å². The van der Waals surface area contributed by atoms with Gasteiger partial charge >= 0.3 is 17.4 Å². The summed E-state index contributed by atoms with van der Waals surface area (Å²) < 4.78 is 17.5. The van der Waals surface area contributed by atoms with Crippen LogP contribution in [0.4, 0.5) is 0 Å². The van der Waals surface area contributed by atoms with Gasteiger partial charge in [0, 0.05) is 52.6 Å². The van der Waals surface area contributed by atoms with Crippen molar-refractivity contribution < 1.29 is 61.3 Å². The van der Waals surface area contributed by atoms with E-state index in [2.05, 4.69) is 20.8 Å². The molecular formula is C54H51CrO9. The van der Waals surface area contributed by atoms with Crippen LogP contribution in [0.15, 0.2) is 109 Å². The summed E-state index contributed by atoms with van der Waals surface area (Å²) in [7, 11) is 0. The van der Waals surface area contributed by atoms with Crippen molar-refractivity contribution >= 4 is 17.9 Å². The molecule has 0 saturated heterocycles. The second-order valence-corrected chi connectivity index (χ2v) is 16.1. The van der Waals surface area contributed by atoms with Crippen molar-refractivity contribution in [1.82, 2.24) is 0 Å². The number of benzene rings is 6. The minimum Gasteiger partial charge on any atom is -0.545 e. The third-order valence-corrected chi connectivity index (χ3v) is 11.8. The van der Waals surface area contributed by atoms with Crippen molar-refractivity contribution in [3.63, 3.8) is 0 Å². The topological polar surface area (TPSA) is 148 Å². The number of carboxylic acids is 3. The molecule has 0 bridgehead atoms. The molecule has 0 saturated carbocycles. The summed E-state index contributed by atoms with van der Waals surface area (Å²) in [6.07, 6.45) is 10.0. The Morgan fingerprint density at radius 2 is 0.672 bits per heavy atom. The number of hydrogen-bond donors (Lipinski definition) is 0. The molecule has 64 heavy (non-hydrogen) atoms. The molecule has 6 aromatic rings. The van der Waals surface area contributed by atoms with Crippen molar-refractivity contribution in [3.8, 4) is 34.5 Å². The first-order valence-corrected chi connectivity index (χ1v) is 22.0. The third-order valence-electron chi connectivity index (χ3n) is 11.8. The Bertz CT molecular complexity index is 2360. The molecule has 3 aliphatic heterocycles. The molecule has 3 heterocycles. The average molecular weight is 896 g/mol. The van der Waals surface area contributed by atoms with Gasteiger partial charge in [0.2, 0.25) is 0 Å². The van der Waals surface area contributed by atoms with E-state index >= 15 is 0 Å². The normalized spacial score (nSPS) is 12.0. The zero-order chi connectivity index (χ0) is 44.5. The Morgan fingerprint density at radius 1 is 0.406 bits per heavy atom. The van der Waals surface area contributed by atoms with Crippen molar-refractivity contribution in [2.24, 2.45) is 0 Å². The van der Waals surface area contributed by atoms with E-state index in [1.807, 2.05) is 109 Å². The first-order chi connectivity index (χ1) is 30.6. The van der Waals surface area contributed by atoms with Gasteiger partial charge in [-0.2, -0.15) is 0 Å². The van der Waals surface area contributed by atoms with Crippen LogP contribution in [0, 0.1) is 0 Å². The fourth-order valence-corrected chi connectivity index (χ4v) is 8.51. The number of aryl methyl sites for hydroxylation is 3. The van der Waals surface area contributed by atoms with Crippen LogP contribution >= 0.6 is 0 Å². The molecule has 0 fully saturated rings. The number of carbonyl (C=O) groups excluding carboxylic acids is 3. The predicted molar refractivity (Wildman–Crippen MR) is 236 cm³/mol. The van der Waals surface area contributed by atoms with Gasteiger partial charge in [-0.05, 0) is 108 Å². The maximum Gasteiger partial charge on any atom is 3.00 e. The number of carboxylic acid groups (broad SMARTS) is 3. The molecule has 9 nitrogen and oxygen atoms in total. The second-order valence-electron chi connectivity index (χ2n) is 16.1. The Hall–Kier alpha value is -6.34. The van der Waals surface area contributed by atoms with Crippen LogP contribution < -0.4 is 29.5 Å². The molecule has 3 aliphatic rings. The molecule has 9 rings (SSSR count). The van der Waals surface area contributed by atoms with Gasteiger partial charge in [-0.15, -0.1) is 0 Å². The minimum absolute atomic E-state index is 0. The average Bonchev–Trinajstić information content (AvgIpc) is 3.29. The first kappa shape index (κ1) is 47.1. The summed E-state index contributed by atoms with van der Waals surface area (Å²) in [5, 5.41) is 34.8. The van der Waals surface area contributed by atoms with Crippen LogP contribution in [0.2, 0.25) is 0 Å². The number of aromatic carboxylic acids is 3. The fourth-order valence-electron chi connectivity index (χ4n) is 8.51. The van der Waals surface area contributed by atoms with Crippen molar-refractivity contribution in [1.29, 1.82) is 0 Å². The quantitative estimate of drug-likeness (QED) is 0.117. The van der Waals surface area contributed by atoms with E-state index in [4.69, 9.17) is 14.2 Å². The minimum atomic E-state index is -1.11. The predicted octanol–water partition coefficient (Wildman–Crippen LogP) is 9.27. The molecule has 10 heteroatoms. The van der Waals surface area contributed by atoms with Gasteiger partial charge in [-0.25, -0.2) is 0 Å². The summed E-state index contributed by atoms with van der Waals surface area (Å²) in [6.45, 7) is 6.28. The maximum atomic E-state index is 11.6. The van der Waals surface area contributed by atoms with E-state index in [0.29, 0.717) is 53.2 Å². The number of unbranched alkanes of at least 4 members (excludes halogenated alkanes) is 3. The van der Waals surface area contributed by atoms with Crippen LogP contribution in [0.1, 0.15) is 140 Å². The molecule has 327 valence electrons. The molecule has 6 aromatic carbocycles. The Balaban J connectivity index is 0.000000158. The van der Waals surface area contributed by atoms with E-state index in [-0.39, 0.29) is 17.4 Å². The van der Waals surface area contributed by atoms with Crippen molar-refractivity contribution in [3.05, 3.63) is 176 Å². The van der Waals surface area contributed by atoms with Crippen LogP contribution in [-0.2, 0) is 55.9 Å². The van der Waals surface area contributed by atoms with Crippen molar-refractivity contribution in [2.75, 3.05) is 0 Å². The van der Waals surface area contributed by atoms with E-state index in [1.54, 1.807) is 0 Å². The standard InChI is InChI=1S/3C18H18O3.Cr/c3*1-2-3-6-12-9-10-16-14(17(12)18(19)20)11-13-7-4-5-8-15(13)21-16;/h3*4-5,7-10H,2-3,6,11H2,1H3,(H,19,20);/q;;;+3/p-3. The SMILES string of the molecule is CCCCc1ccc2c(c1C(=O)[O-])Cc1ccccc1O2.CCCCc1ccc2c(c1C(=O)[O-])Cc1ccccc1O2.CCCCc1ccc2c(c1C(=O)[O-])Cc1ccccc1O2.[Cr+3]. The number of para-hydroxylation sites is 3. The number of ether oxygens (including phenoxy) is 3. The molecule has 0 amide bonds. The number of fused-ring (bicyclic) bond motifs is 6. The molecule has 0 aliphatic carbocycles. The summed E-state index contributed by atoms with van der Waals surface area (Å²) in [4.78, 5) is 34.8. The molecule has 0 unspecified atom stereocenters. The number of rotatable bonds is 12. The Morgan fingerprint density at radius 3 is 0.922 bits per heavy atom. The monoisotopic (exact) mass is 895 g/mol. The van der Waals surface area contributed by atoms with E-state index in [9.17, 15) is 29.7 Å². The molecular weight excluding hydrogens is 845 g/mol. The second kappa shape index (κ2) is 21.8. The maximum absolute atomic E-state index is 11.6. The molecule has 0 atom stereocenters. The van der Waals surface area contributed by atoms with Gasteiger partial charge in [0.25, 0.3) is 0 Å². The van der Waals surface area contributed by atoms with Gasteiger partial charge in [0.15, 0.2) is 0 Å². The van der Waals surface area contributed by atoms with Crippen LogP contribution in [0.5, 0.6) is 34.5 Å². The summed E-state index contributed by atoms with van der Waals surface area (Å²) in [5.41, 5.74) is 8.74. The van der Waals surface area contributed by atoms with Gasteiger partial charge in [-0.1, -0.05) is 113 Å². The van der Waals surface area contributed by atoms with E-state index in [1.165, 1.54) is 0 Å². The Labute approximate surface area is 385 Å². The summed E-state index contributed by atoms with van der Waals surface area (Å²) >= 11 is 0. The largest absolute Gasteiger partial charge is 3.00 e. The summed E-state index contributed by atoms with van der Waals surface area (Å²) in [5.74, 6) is 0.971. The van der Waals surface area contributed by atoms with Crippen LogP contribution in [0.3, 0.4) is 0 Å². The number of hydrogen-bond acceptors (Lipinski definition) is 9. The first-order valence-electron chi connectivity index (χ1n) is 22.0. The zero-order valence-electron chi connectivity index (χ0n) is 36.5. The molecule has 0 spiro atoms. The van der Waals surface area contributed by atoms with Crippen LogP contribution in [0.25, 0.3) is 0 Å². The van der Waals surface area contributed by atoms with Gasteiger partial charge in [0.05, 0.1) is 17.9 Å². The zero-order valence-corrected chi connectivity index (χ0v) is 37.7. The fraction of sp³-hybridized carbons (Fsp3) is 0.278. The van der Waals surface area contributed by atoms with Gasteiger partial charge in [0.1, 0.15) is 34.5 Å². The number of carbonyl (C=O) groups is 3. The van der Waals surface area contributed by atoms with Crippen molar-refractivity contribution in [2.45, 2.75) is 97.8 Å².